The minimum Gasteiger partial charge on any atom is -0.281 e. The summed E-state index contributed by atoms with van der Waals surface area (Å²) in [6.07, 6.45) is 0. The van der Waals surface area contributed by atoms with Crippen LogP contribution in [0.1, 0.15) is 5.56 Å². The maximum absolute atomic E-state index is 12.7. The molecule has 1 aliphatic heterocycles. The van der Waals surface area contributed by atoms with Gasteiger partial charge in [-0.25, -0.2) is 4.39 Å². The van der Waals surface area contributed by atoms with E-state index in [1.165, 1.54) is 12.1 Å². The van der Waals surface area contributed by atoms with Gasteiger partial charge in [0.1, 0.15) is 5.82 Å². The summed E-state index contributed by atoms with van der Waals surface area (Å²) in [5.41, 5.74) is 0.865. The number of amides is 2. The van der Waals surface area contributed by atoms with Crippen molar-refractivity contribution in [3.8, 4) is 0 Å². The van der Waals surface area contributed by atoms with E-state index in [2.05, 4.69) is 5.32 Å². The van der Waals surface area contributed by atoms with E-state index < -0.39 is 11.8 Å². The number of hydrogen-bond donors (Lipinski definition) is 0. The summed E-state index contributed by atoms with van der Waals surface area (Å²) in [6.45, 7) is 0.736. The zero-order valence-corrected chi connectivity index (χ0v) is 8.52. The number of carbonyl (C=O) groups is 2. The Morgan fingerprint density at radius 2 is 1.69 bits per heavy atom. The molecule has 0 bridgehead atoms. The highest BCUT2D eigenvalue weighted by Crippen LogP contribution is 2.08. The Morgan fingerprint density at radius 1 is 1.12 bits per heavy atom. The van der Waals surface area contributed by atoms with Gasteiger partial charge in [-0.1, -0.05) is 12.1 Å². The van der Waals surface area contributed by atoms with E-state index in [0.717, 1.165) is 5.56 Å². The van der Waals surface area contributed by atoms with Crippen LogP contribution < -0.4 is 5.32 Å². The molecule has 0 aliphatic carbocycles. The fourth-order valence-corrected chi connectivity index (χ4v) is 1.61. The molecule has 1 fully saturated rings. The average molecular weight is 221 g/mol. The highest BCUT2D eigenvalue weighted by atomic mass is 19.1. The summed E-state index contributed by atoms with van der Waals surface area (Å²) in [5, 5.41) is 3.31. The quantitative estimate of drug-likeness (QED) is 0.675. The van der Waals surface area contributed by atoms with Crippen LogP contribution in [-0.4, -0.2) is 29.8 Å². The molecule has 0 aromatic heterocycles. The molecule has 0 saturated carbocycles. The smallest absolute Gasteiger partial charge is 0.263 e. The van der Waals surface area contributed by atoms with E-state index in [1.807, 2.05) is 0 Å². The predicted molar refractivity (Wildman–Crippen MR) is 53.8 cm³/mol. The third-order valence-corrected chi connectivity index (χ3v) is 2.29. The fraction of sp³-hybridized carbons (Fsp3) is 0.273. The third kappa shape index (κ3) is 2.64. The minimum atomic E-state index is -0.418. The SMILES string of the molecule is O=C1CN(Cc2ccc(F)cc2)CC(=O)[N]1. The third-order valence-electron chi connectivity index (χ3n) is 2.29. The monoisotopic (exact) mass is 221 g/mol. The van der Waals surface area contributed by atoms with Crippen molar-refractivity contribution in [3.63, 3.8) is 0 Å². The molecule has 1 radical (unpaired) electrons. The summed E-state index contributed by atoms with van der Waals surface area (Å²) in [6, 6.07) is 5.98. The van der Waals surface area contributed by atoms with E-state index >= 15 is 0 Å². The lowest BCUT2D eigenvalue weighted by molar-refractivity contribution is -0.136. The molecule has 2 rings (SSSR count). The zero-order valence-electron chi connectivity index (χ0n) is 8.52. The van der Waals surface area contributed by atoms with Crippen LogP contribution in [0.5, 0.6) is 0 Å². The van der Waals surface area contributed by atoms with Crippen LogP contribution in [0.4, 0.5) is 4.39 Å². The Hall–Kier alpha value is -1.75. The summed E-state index contributed by atoms with van der Waals surface area (Å²) >= 11 is 0. The lowest BCUT2D eigenvalue weighted by Gasteiger charge is -2.23. The molecule has 0 N–H and O–H groups in total. The topological polar surface area (TPSA) is 51.5 Å². The van der Waals surface area contributed by atoms with Crippen LogP contribution in [0.2, 0.25) is 0 Å². The van der Waals surface area contributed by atoms with Crippen molar-refractivity contribution < 1.29 is 14.0 Å². The van der Waals surface area contributed by atoms with Crippen LogP contribution in [0, 0.1) is 5.82 Å². The molecule has 5 heteroatoms. The van der Waals surface area contributed by atoms with Crippen molar-refractivity contribution in [2.24, 2.45) is 0 Å². The predicted octanol–water partition coefficient (Wildman–Crippen LogP) is 0.299. The molecular weight excluding hydrogens is 211 g/mol. The van der Waals surface area contributed by atoms with Gasteiger partial charge in [0.2, 0.25) is 0 Å². The number of rotatable bonds is 2. The summed E-state index contributed by atoms with van der Waals surface area (Å²) < 4.78 is 12.7. The van der Waals surface area contributed by atoms with Gasteiger partial charge < -0.3 is 0 Å². The van der Waals surface area contributed by atoms with Crippen molar-refractivity contribution >= 4 is 11.8 Å². The van der Waals surface area contributed by atoms with Gasteiger partial charge in [0.15, 0.2) is 0 Å². The molecule has 4 nitrogen and oxygen atoms in total. The Kier molecular flexibility index (Phi) is 2.96. The van der Waals surface area contributed by atoms with Gasteiger partial charge >= 0.3 is 0 Å². The molecule has 1 saturated heterocycles. The van der Waals surface area contributed by atoms with E-state index in [-0.39, 0.29) is 18.9 Å². The highest BCUT2D eigenvalue weighted by molar-refractivity contribution is 5.98. The second kappa shape index (κ2) is 4.40. The number of nitrogens with zero attached hydrogens (tertiary/aromatic N) is 2. The number of imide groups is 1. The molecule has 0 unspecified atom stereocenters. The van der Waals surface area contributed by atoms with Gasteiger partial charge in [-0.3, -0.25) is 14.5 Å². The maximum atomic E-state index is 12.7. The molecule has 1 aliphatic rings. The maximum Gasteiger partial charge on any atom is 0.263 e. The molecule has 1 aromatic carbocycles. The van der Waals surface area contributed by atoms with Crippen molar-refractivity contribution in [1.29, 1.82) is 0 Å². The van der Waals surface area contributed by atoms with Crippen LogP contribution in [0.25, 0.3) is 0 Å². The molecule has 1 aromatic rings. The van der Waals surface area contributed by atoms with Gasteiger partial charge in [0.25, 0.3) is 11.8 Å². The molecule has 0 atom stereocenters. The Labute approximate surface area is 92.0 Å². The van der Waals surface area contributed by atoms with Gasteiger partial charge in [0, 0.05) is 6.54 Å². The second-order valence-corrected chi connectivity index (χ2v) is 3.67. The lowest BCUT2D eigenvalue weighted by Crippen LogP contribution is -2.47. The number of piperazine rings is 1. The largest absolute Gasteiger partial charge is 0.281 e. The minimum absolute atomic E-state index is 0.142. The molecular formula is C11H10FN2O2. The lowest BCUT2D eigenvalue weighted by atomic mass is 10.2. The first kappa shape index (κ1) is 10.8. The van der Waals surface area contributed by atoms with E-state index in [1.54, 1.807) is 17.0 Å². The van der Waals surface area contributed by atoms with E-state index in [9.17, 15) is 14.0 Å². The standard InChI is InChI=1S/C11H10FN2O2/c12-9-3-1-8(2-4-9)5-14-6-10(15)13-11(16)7-14/h1-4H,5-7H2. The number of carbonyl (C=O) groups excluding carboxylic acids is 2. The Balaban J connectivity index is 2.01. The Morgan fingerprint density at radius 3 is 2.25 bits per heavy atom. The van der Waals surface area contributed by atoms with E-state index in [0.29, 0.717) is 6.54 Å². The van der Waals surface area contributed by atoms with Gasteiger partial charge in [0.05, 0.1) is 13.1 Å². The van der Waals surface area contributed by atoms with Crippen LogP contribution in [0.3, 0.4) is 0 Å². The van der Waals surface area contributed by atoms with Crippen LogP contribution >= 0.6 is 0 Å². The van der Waals surface area contributed by atoms with Crippen molar-refractivity contribution in [2.75, 3.05) is 13.1 Å². The molecule has 0 spiro atoms. The highest BCUT2D eigenvalue weighted by Gasteiger charge is 2.23. The average Bonchev–Trinajstić information content (AvgIpc) is 2.20. The second-order valence-electron chi connectivity index (χ2n) is 3.67. The van der Waals surface area contributed by atoms with Crippen LogP contribution in [0.15, 0.2) is 24.3 Å². The first-order valence-corrected chi connectivity index (χ1v) is 4.88. The zero-order chi connectivity index (χ0) is 11.5. The normalized spacial score (nSPS) is 17.3. The van der Waals surface area contributed by atoms with Gasteiger partial charge in [-0.05, 0) is 17.7 Å². The van der Waals surface area contributed by atoms with Gasteiger partial charge in [-0.15, -0.1) is 0 Å². The van der Waals surface area contributed by atoms with E-state index in [4.69, 9.17) is 0 Å². The first-order chi connectivity index (χ1) is 7.63. The van der Waals surface area contributed by atoms with Crippen molar-refractivity contribution in [3.05, 3.63) is 35.6 Å². The molecule has 2 amide bonds. The number of hydrogen-bond acceptors (Lipinski definition) is 3. The number of benzene rings is 1. The van der Waals surface area contributed by atoms with Crippen LogP contribution in [-0.2, 0) is 16.1 Å². The molecule has 1 heterocycles. The summed E-state index contributed by atoms with van der Waals surface area (Å²) in [7, 11) is 0. The molecule has 83 valence electrons. The fourth-order valence-electron chi connectivity index (χ4n) is 1.61. The van der Waals surface area contributed by atoms with Crippen molar-refractivity contribution in [1.82, 2.24) is 10.2 Å². The van der Waals surface area contributed by atoms with Gasteiger partial charge in [-0.2, -0.15) is 5.32 Å². The Bertz CT molecular complexity index is 400. The number of halogens is 1. The first-order valence-electron chi connectivity index (χ1n) is 4.88. The summed E-state index contributed by atoms with van der Waals surface area (Å²) in [5.74, 6) is -1.14. The molecule has 16 heavy (non-hydrogen) atoms. The summed E-state index contributed by atoms with van der Waals surface area (Å²) in [4.78, 5) is 23.8. The van der Waals surface area contributed by atoms with Crippen molar-refractivity contribution in [2.45, 2.75) is 6.54 Å².